The number of halogens is 1. The third-order valence-corrected chi connectivity index (χ3v) is 3.15. The molecule has 1 rings (SSSR count). The number of likely N-dealkylation sites (N-methyl/N-ethyl adjacent to an activating group) is 1. The maximum atomic E-state index is 4.41. The fourth-order valence-corrected chi connectivity index (χ4v) is 2.34. The van der Waals surface area contributed by atoms with Gasteiger partial charge in [-0.1, -0.05) is 6.92 Å². The van der Waals surface area contributed by atoms with Gasteiger partial charge in [0.05, 0.1) is 10.7 Å². The van der Waals surface area contributed by atoms with Crippen LogP contribution in [0, 0.1) is 0 Å². The summed E-state index contributed by atoms with van der Waals surface area (Å²) in [5, 5.41) is 0.856. The van der Waals surface area contributed by atoms with Crippen molar-refractivity contribution in [1.82, 2.24) is 4.90 Å². The maximum absolute atomic E-state index is 4.41. The first-order valence-electron chi connectivity index (χ1n) is 4.47. The average Bonchev–Trinajstić information content (AvgIpc) is 2.08. The van der Waals surface area contributed by atoms with Gasteiger partial charge in [-0.05, 0) is 36.1 Å². The van der Waals surface area contributed by atoms with Gasteiger partial charge < -0.3 is 0 Å². The number of aliphatic imine (C=N–C) groups is 1. The highest BCUT2D eigenvalue weighted by Gasteiger charge is 2.15. The lowest BCUT2D eigenvalue weighted by atomic mass is 10.2. The van der Waals surface area contributed by atoms with Crippen LogP contribution in [-0.4, -0.2) is 29.6 Å². The molecular weight excluding hydrogens is 295 g/mol. The van der Waals surface area contributed by atoms with E-state index in [-0.39, 0.29) is 0 Å². The van der Waals surface area contributed by atoms with E-state index < -0.39 is 0 Å². The Kier molecular flexibility index (Phi) is 4.75. The molecule has 0 spiro atoms. The van der Waals surface area contributed by atoms with Crippen LogP contribution >= 0.6 is 35.2 Å². The summed E-state index contributed by atoms with van der Waals surface area (Å²) in [6.07, 6.45) is 1.06. The molecule has 0 fully saturated rings. The highest BCUT2D eigenvalue weighted by molar-refractivity contribution is 14.1. The van der Waals surface area contributed by atoms with Crippen molar-refractivity contribution in [1.29, 1.82) is 0 Å². The Morgan fingerprint density at radius 3 is 2.85 bits per heavy atom. The normalized spacial score (nSPS) is 21.1. The first-order valence-corrected chi connectivity index (χ1v) is 6.00. The molecule has 1 heterocycles. The molecule has 0 aromatic heterocycles. The number of thiol groups is 1. The summed E-state index contributed by atoms with van der Waals surface area (Å²) < 4.78 is 1.36. The van der Waals surface area contributed by atoms with Gasteiger partial charge in [0.2, 0.25) is 0 Å². The summed E-state index contributed by atoms with van der Waals surface area (Å²) in [5.74, 6) is 0. The first-order chi connectivity index (χ1) is 6.13. The molecule has 0 atom stereocenters. The van der Waals surface area contributed by atoms with Crippen LogP contribution in [0.4, 0.5) is 0 Å². The molecule has 0 radical (unpaired) electrons. The van der Waals surface area contributed by atoms with Gasteiger partial charge in [0, 0.05) is 23.1 Å². The first kappa shape index (κ1) is 11.5. The molecule has 0 N–H and O–H groups in total. The van der Waals surface area contributed by atoms with Crippen LogP contribution in [0.25, 0.3) is 0 Å². The van der Waals surface area contributed by atoms with Gasteiger partial charge in [0.25, 0.3) is 0 Å². The van der Waals surface area contributed by atoms with E-state index >= 15 is 0 Å². The minimum Gasteiger partial charge on any atom is -0.298 e. The van der Waals surface area contributed by atoms with Crippen molar-refractivity contribution in [3.63, 3.8) is 0 Å². The molecule has 0 saturated carbocycles. The van der Waals surface area contributed by atoms with E-state index in [9.17, 15) is 0 Å². The van der Waals surface area contributed by atoms with Crippen molar-refractivity contribution in [3.8, 4) is 0 Å². The lowest BCUT2D eigenvalue weighted by molar-refractivity contribution is 0.308. The second-order valence-corrected chi connectivity index (χ2v) is 5.08. The Bertz CT molecular complexity index is 244. The molecule has 2 nitrogen and oxygen atoms in total. The molecule has 74 valence electrons. The molecule has 13 heavy (non-hydrogen) atoms. The second-order valence-electron chi connectivity index (χ2n) is 3.13. The van der Waals surface area contributed by atoms with Gasteiger partial charge in [-0.15, -0.1) is 12.6 Å². The highest BCUT2D eigenvalue weighted by atomic mass is 127. The van der Waals surface area contributed by atoms with Crippen LogP contribution < -0.4 is 0 Å². The lowest BCUT2D eigenvalue weighted by Crippen LogP contribution is -2.29. The van der Waals surface area contributed by atoms with Crippen molar-refractivity contribution in [3.05, 3.63) is 9.28 Å². The standard InChI is InChI=1S/C9H15IN2S/c1-3-12-5-4-9(8(10)6-12)11-7(2)13/h3-6H2,1-2H3,(H,11,13). The lowest BCUT2D eigenvalue weighted by Gasteiger charge is -2.25. The van der Waals surface area contributed by atoms with E-state index in [1.807, 2.05) is 6.92 Å². The Balaban J connectivity index is 2.71. The van der Waals surface area contributed by atoms with E-state index in [0.29, 0.717) is 0 Å². The third kappa shape index (κ3) is 3.59. The molecule has 0 aliphatic carbocycles. The van der Waals surface area contributed by atoms with Gasteiger partial charge in [0.1, 0.15) is 0 Å². The number of rotatable bonds is 2. The minimum absolute atomic E-state index is 0.856. The van der Waals surface area contributed by atoms with Crippen LogP contribution in [0.2, 0.25) is 0 Å². The number of hydrogen-bond donors (Lipinski definition) is 1. The summed E-state index contributed by atoms with van der Waals surface area (Å²) in [4.78, 5) is 6.84. The van der Waals surface area contributed by atoms with E-state index in [1.54, 1.807) is 0 Å². The van der Waals surface area contributed by atoms with Gasteiger partial charge in [-0.25, -0.2) is 0 Å². The predicted molar refractivity (Wildman–Crippen MR) is 69.9 cm³/mol. The smallest absolute Gasteiger partial charge is 0.0673 e. The average molecular weight is 310 g/mol. The summed E-state index contributed by atoms with van der Waals surface area (Å²) >= 11 is 6.58. The minimum atomic E-state index is 0.856. The van der Waals surface area contributed by atoms with Crippen molar-refractivity contribution >= 4 is 40.3 Å². The van der Waals surface area contributed by atoms with E-state index in [2.05, 4.69) is 52.0 Å². The summed E-state index contributed by atoms with van der Waals surface area (Å²) in [5.41, 5.74) is 1.22. The van der Waals surface area contributed by atoms with Gasteiger partial charge in [0.15, 0.2) is 0 Å². The number of nitrogens with zero attached hydrogens (tertiary/aromatic N) is 2. The quantitative estimate of drug-likeness (QED) is 0.359. The topological polar surface area (TPSA) is 15.6 Å². The van der Waals surface area contributed by atoms with Crippen molar-refractivity contribution < 1.29 is 0 Å². The molecule has 0 aromatic carbocycles. The molecule has 0 unspecified atom stereocenters. The Morgan fingerprint density at radius 1 is 1.69 bits per heavy atom. The summed E-state index contributed by atoms with van der Waals surface area (Å²) in [6.45, 7) is 7.43. The van der Waals surface area contributed by atoms with Crippen LogP contribution in [0.15, 0.2) is 14.3 Å². The fraction of sp³-hybridized carbons (Fsp3) is 0.667. The molecule has 0 saturated heterocycles. The second kappa shape index (κ2) is 5.36. The predicted octanol–water partition coefficient (Wildman–Crippen LogP) is 2.71. The Labute approximate surface area is 99.0 Å². The fourth-order valence-electron chi connectivity index (χ4n) is 1.35. The highest BCUT2D eigenvalue weighted by Crippen LogP contribution is 2.24. The molecule has 1 aliphatic rings. The molecule has 4 heteroatoms. The zero-order chi connectivity index (χ0) is 9.84. The van der Waals surface area contributed by atoms with Crippen molar-refractivity contribution in [2.75, 3.05) is 19.6 Å². The van der Waals surface area contributed by atoms with E-state index in [4.69, 9.17) is 0 Å². The SMILES string of the molecule is CCN1CCC(/N=C(/C)S)=C(I)C1. The molecule has 1 aliphatic heterocycles. The molecule has 0 amide bonds. The Hall–Kier alpha value is 0.450. The van der Waals surface area contributed by atoms with E-state index in [1.165, 1.54) is 9.28 Å². The third-order valence-electron chi connectivity index (χ3n) is 2.08. The van der Waals surface area contributed by atoms with Crippen LogP contribution in [-0.2, 0) is 0 Å². The monoisotopic (exact) mass is 310 g/mol. The Morgan fingerprint density at radius 2 is 2.38 bits per heavy atom. The maximum Gasteiger partial charge on any atom is 0.0673 e. The molecule has 0 bridgehead atoms. The van der Waals surface area contributed by atoms with Crippen LogP contribution in [0.3, 0.4) is 0 Å². The van der Waals surface area contributed by atoms with Crippen LogP contribution in [0.1, 0.15) is 20.3 Å². The largest absolute Gasteiger partial charge is 0.298 e. The molecular formula is C9H15IN2S. The number of hydrogen-bond acceptors (Lipinski definition) is 2. The summed E-state index contributed by atoms with van der Waals surface area (Å²) in [6, 6.07) is 0. The summed E-state index contributed by atoms with van der Waals surface area (Å²) in [7, 11) is 0. The zero-order valence-corrected chi connectivity index (χ0v) is 11.1. The van der Waals surface area contributed by atoms with Crippen molar-refractivity contribution in [2.45, 2.75) is 20.3 Å². The van der Waals surface area contributed by atoms with Gasteiger partial charge in [-0.3, -0.25) is 9.89 Å². The molecule has 0 aromatic rings. The van der Waals surface area contributed by atoms with Gasteiger partial charge in [-0.2, -0.15) is 0 Å². The zero-order valence-electron chi connectivity index (χ0n) is 8.05. The van der Waals surface area contributed by atoms with E-state index in [0.717, 1.165) is 31.1 Å². The van der Waals surface area contributed by atoms with Crippen molar-refractivity contribution in [2.24, 2.45) is 4.99 Å². The van der Waals surface area contributed by atoms with Gasteiger partial charge >= 0.3 is 0 Å². The van der Waals surface area contributed by atoms with Crippen LogP contribution in [0.5, 0.6) is 0 Å².